The minimum Gasteiger partial charge on any atom is -0.497 e. The van der Waals surface area contributed by atoms with Crippen LogP contribution in [0.5, 0.6) is 5.75 Å². The molecule has 9 heteroatoms. The largest absolute Gasteiger partial charge is 0.497 e. The number of benzene rings is 2. The van der Waals surface area contributed by atoms with Gasteiger partial charge in [-0.2, -0.15) is 13.2 Å². The molecule has 1 saturated heterocycles. The summed E-state index contributed by atoms with van der Waals surface area (Å²) in [7, 11) is 1.56. The summed E-state index contributed by atoms with van der Waals surface area (Å²) in [5, 5.41) is 2.98. The van der Waals surface area contributed by atoms with E-state index in [1.807, 2.05) is 25.1 Å². The molecule has 0 unspecified atom stereocenters. The van der Waals surface area contributed by atoms with Gasteiger partial charge in [0.05, 0.1) is 24.6 Å². The van der Waals surface area contributed by atoms with Crippen molar-refractivity contribution in [3.8, 4) is 5.75 Å². The lowest BCUT2D eigenvalue weighted by atomic mass is 9.87. The maximum atomic E-state index is 13.3. The van der Waals surface area contributed by atoms with Crippen molar-refractivity contribution in [3.63, 3.8) is 0 Å². The van der Waals surface area contributed by atoms with Crippen LogP contribution >= 0.6 is 0 Å². The Hall–Kier alpha value is -3.23. The molecule has 0 aromatic heterocycles. The van der Waals surface area contributed by atoms with Gasteiger partial charge in [0.2, 0.25) is 5.91 Å². The van der Waals surface area contributed by atoms with Crippen LogP contribution in [0.1, 0.15) is 56.3 Å². The number of alkyl halides is 3. The average molecular weight is 493 g/mol. The molecule has 6 nitrogen and oxygen atoms in total. The fraction of sp³-hybridized carbons (Fsp3) is 0.462. The van der Waals surface area contributed by atoms with Gasteiger partial charge in [-0.1, -0.05) is 24.3 Å². The number of amides is 2. The first kappa shape index (κ1) is 26.4. The normalized spacial score (nSPS) is 19.3. The molecule has 2 aromatic carbocycles. The van der Waals surface area contributed by atoms with E-state index in [9.17, 15) is 22.8 Å². The molecule has 1 N–H and O–H groups in total. The standard InChI is InChI=1S/C26H31F3N2O4/c1-16(18-7-6-8-20(13-18)34-5)30-23(32)22-15-31(24(33)35-25(2,3)4)14-21(22)17-9-11-19(12-10-17)26(27,28)29/h6-13,16,21-22H,14-15H2,1-5H3,(H,30,32)/t16-,21+,22-/m0/s1. The lowest BCUT2D eigenvalue weighted by Crippen LogP contribution is -2.38. The molecule has 1 aliphatic rings. The van der Waals surface area contributed by atoms with Crippen LogP contribution in [0.3, 0.4) is 0 Å². The second-order valence-corrected chi connectivity index (χ2v) is 9.72. The Morgan fingerprint density at radius 1 is 1.06 bits per heavy atom. The second-order valence-electron chi connectivity index (χ2n) is 9.72. The summed E-state index contributed by atoms with van der Waals surface area (Å²) < 4.78 is 49.8. The SMILES string of the molecule is COc1cccc([C@H](C)NC(=O)[C@H]2CN(C(=O)OC(C)(C)C)C[C@@H]2c2ccc(C(F)(F)F)cc2)c1. The number of ether oxygens (including phenoxy) is 2. The zero-order valence-electron chi connectivity index (χ0n) is 20.5. The highest BCUT2D eigenvalue weighted by Crippen LogP contribution is 2.36. The van der Waals surface area contributed by atoms with Gasteiger partial charge in [-0.25, -0.2) is 4.79 Å². The number of hydrogen-bond donors (Lipinski definition) is 1. The molecule has 0 radical (unpaired) electrons. The van der Waals surface area contributed by atoms with Crippen LogP contribution in [0.15, 0.2) is 48.5 Å². The van der Waals surface area contributed by atoms with Crippen molar-refractivity contribution in [2.75, 3.05) is 20.2 Å². The van der Waals surface area contributed by atoms with Crippen LogP contribution < -0.4 is 10.1 Å². The molecule has 1 heterocycles. The van der Waals surface area contributed by atoms with Crippen LogP contribution in [0.25, 0.3) is 0 Å². The zero-order valence-corrected chi connectivity index (χ0v) is 20.5. The van der Waals surface area contributed by atoms with E-state index in [1.165, 1.54) is 17.0 Å². The van der Waals surface area contributed by atoms with Gasteiger partial charge in [0, 0.05) is 19.0 Å². The van der Waals surface area contributed by atoms with Gasteiger partial charge in [0.15, 0.2) is 0 Å². The second kappa shape index (κ2) is 10.2. The molecule has 35 heavy (non-hydrogen) atoms. The van der Waals surface area contributed by atoms with Crippen LogP contribution in [0.4, 0.5) is 18.0 Å². The van der Waals surface area contributed by atoms with Crippen molar-refractivity contribution in [1.29, 1.82) is 0 Å². The molecular weight excluding hydrogens is 461 g/mol. The van der Waals surface area contributed by atoms with Gasteiger partial charge in [-0.3, -0.25) is 4.79 Å². The van der Waals surface area contributed by atoms with E-state index in [4.69, 9.17) is 9.47 Å². The summed E-state index contributed by atoms with van der Waals surface area (Å²) in [6, 6.07) is 11.7. The lowest BCUT2D eigenvalue weighted by Gasteiger charge is -2.24. The van der Waals surface area contributed by atoms with Gasteiger partial charge in [-0.05, 0) is 63.1 Å². The van der Waals surface area contributed by atoms with Gasteiger partial charge in [0.25, 0.3) is 0 Å². The topological polar surface area (TPSA) is 67.9 Å². The monoisotopic (exact) mass is 492 g/mol. The Balaban J connectivity index is 1.84. The van der Waals surface area contributed by atoms with Crippen molar-refractivity contribution in [2.45, 2.75) is 51.4 Å². The number of nitrogens with one attached hydrogen (secondary N) is 1. The highest BCUT2D eigenvalue weighted by molar-refractivity contribution is 5.82. The number of methoxy groups -OCH3 is 1. The average Bonchev–Trinajstić information content (AvgIpc) is 3.23. The first-order valence-corrected chi connectivity index (χ1v) is 11.4. The minimum atomic E-state index is -4.46. The van der Waals surface area contributed by atoms with Crippen LogP contribution in [0, 0.1) is 5.92 Å². The predicted octanol–water partition coefficient (Wildman–Crippen LogP) is 5.54. The molecule has 0 bridgehead atoms. The number of halogens is 3. The Kier molecular flexibility index (Phi) is 7.67. The van der Waals surface area contributed by atoms with Gasteiger partial charge in [0.1, 0.15) is 11.4 Å². The summed E-state index contributed by atoms with van der Waals surface area (Å²) in [4.78, 5) is 27.5. The fourth-order valence-electron chi connectivity index (χ4n) is 4.12. The minimum absolute atomic E-state index is 0.0945. The number of carbonyl (C=O) groups is 2. The van der Waals surface area contributed by atoms with Gasteiger partial charge < -0.3 is 19.7 Å². The lowest BCUT2D eigenvalue weighted by molar-refractivity contribution is -0.137. The molecule has 0 spiro atoms. The van der Waals surface area contributed by atoms with E-state index < -0.39 is 35.3 Å². The molecule has 0 aliphatic carbocycles. The van der Waals surface area contributed by atoms with E-state index in [0.29, 0.717) is 11.3 Å². The first-order valence-electron chi connectivity index (χ1n) is 11.4. The summed E-state index contributed by atoms with van der Waals surface area (Å²) >= 11 is 0. The number of likely N-dealkylation sites (tertiary alicyclic amines) is 1. The van der Waals surface area contributed by atoms with Gasteiger partial charge >= 0.3 is 12.3 Å². The molecule has 1 fully saturated rings. The highest BCUT2D eigenvalue weighted by Gasteiger charge is 2.42. The Morgan fingerprint density at radius 2 is 1.71 bits per heavy atom. The molecule has 1 aliphatic heterocycles. The molecule has 2 aromatic rings. The van der Waals surface area contributed by atoms with Crippen LogP contribution in [-0.4, -0.2) is 42.7 Å². The van der Waals surface area contributed by atoms with E-state index in [2.05, 4.69) is 5.32 Å². The van der Waals surface area contributed by atoms with Crippen molar-refractivity contribution in [2.24, 2.45) is 5.92 Å². The molecular formula is C26H31F3N2O4. The van der Waals surface area contributed by atoms with Crippen LogP contribution in [-0.2, 0) is 15.7 Å². The van der Waals surface area contributed by atoms with E-state index in [-0.39, 0.29) is 25.0 Å². The van der Waals surface area contributed by atoms with E-state index in [1.54, 1.807) is 33.9 Å². The Morgan fingerprint density at radius 3 is 2.29 bits per heavy atom. The van der Waals surface area contributed by atoms with Crippen molar-refractivity contribution < 1.29 is 32.2 Å². The van der Waals surface area contributed by atoms with E-state index in [0.717, 1.165) is 17.7 Å². The van der Waals surface area contributed by atoms with E-state index >= 15 is 0 Å². The summed E-state index contributed by atoms with van der Waals surface area (Å²) in [5.74, 6) is -0.783. The van der Waals surface area contributed by atoms with Crippen molar-refractivity contribution in [1.82, 2.24) is 10.2 Å². The predicted molar refractivity (Wildman–Crippen MR) is 125 cm³/mol. The van der Waals surface area contributed by atoms with Crippen LogP contribution in [0.2, 0.25) is 0 Å². The third kappa shape index (κ3) is 6.68. The third-order valence-electron chi connectivity index (χ3n) is 5.93. The quantitative estimate of drug-likeness (QED) is 0.595. The Labute approximate surface area is 203 Å². The molecule has 3 rings (SSSR count). The smallest absolute Gasteiger partial charge is 0.416 e. The third-order valence-corrected chi connectivity index (χ3v) is 5.93. The molecule has 190 valence electrons. The summed E-state index contributed by atoms with van der Waals surface area (Å²) in [6.07, 6.45) is -5.02. The maximum Gasteiger partial charge on any atom is 0.416 e. The highest BCUT2D eigenvalue weighted by atomic mass is 19.4. The first-order chi connectivity index (χ1) is 16.3. The Bertz CT molecular complexity index is 1050. The molecule has 2 amide bonds. The maximum absolute atomic E-state index is 13.3. The summed E-state index contributed by atoms with van der Waals surface area (Å²) in [5.41, 5.74) is -0.0952. The number of hydrogen-bond acceptors (Lipinski definition) is 4. The fourth-order valence-corrected chi connectivity index (χ4v) is 4.12. The van der Waals surface area contributed by atoms with Gasteiger partial charge in [-0.15, -0.1) is 0 Å². The molecule has 0 saturated carbocycles. The number of carbonyl (C=O) groups excluding carboxylic acids is 2. The number of nitrogens with zero attached hydrogens (tertiary/aromatic N) is 1. The number of rotatable bonds is 5. The van der Waals surface area contributed by atoms with Crippen molar-refractivity contribution in [3.05, 3.63) is 65.2 Å². The molecule has 3 atom stereocenters. The zero-order chi connectivity index (χ0) is 26.0. The van der Waals surface area contributed by atoms with Crippen molar-refractivity contribution >= 4 is 12.0 Å². The summed E-state index contributed by atoms with van der Waals surface area (Å²) in [6.45, 7) is 7.32.